The lowest BCUT2D eigenvalue weighted by atomic mass is 10.5. The molecular formula is C8H19O2Si. The molecule has 0 aromatic carbocycles. The van der Waals surface area contributed by atoms with Crippen molar-refractivity contribution in [2.75, 3.05) is 13.2 Å². The molecule has 0 atom stereocenters. The molecule has 0 saturated carbocycles. The highest BCUT2D eigenvalue weighted by Crippen LogP contribution is 1.97. The Labute approximate surface area is 71.7 Å². The van der Waals surface area contributed by atoms with E-state index in [1.165, 1.54) is 0 Å². The van der Waals surface area contributed by atoms with Crippen LogP contribution in [0.2, 0.25) is 6.04 Å². The van der Waals surface area contributed by atoms with Gasteiger partial charge in [-0.25, -0.2) is 0 Å². The van der Waals surface area contributed by atoms with Gasteiger partial charge in [-0.15, -0.1) is 0 Å². The van der Waals surface area contributed by atoms with Gasteiger partial charge in [0.2, 0.25) is 0 Å². The topological polar surface area (TPSA) is 18.5 Å². The van der Waals surface area contributed by atoms with Crippen LogP contribution in [0.5, 0.6) is 0 Å². The molecule has 0 aromatic rings. The van der Waals surface area contributed by atoms with Crippen LogP contribution in [0.4, 0.5) is 0 Å². The zero-order valence-corrected chi connectivity index (χ0v) is 8.85. The fourth-order valence-corrected chi connectivity index (χ4v) is 2.03. The van der Waals surface area contributed by atoms with E-state index in [4.69, 9.17) is 8.85 Å². The van der Waals surface area contributed by atoms with Gasteiger partial charge >= 0.3 is 9.28 Å². The van der Waals surface area contributed by atoms with Crippen LogP contribution in [0.15, 0.2) is 0 Å². The molecule has 0 aliphatic heterocycles. The summed E-state index contributed by atoms with van der Waals surface area (Å²) in [5.41, 5.74) is 0. The number of hydrogen-bond acceptors (Lipinski definition) is 2. The zero-order valence-electron chi connectivity index (χ0n) is 7.85. The maximum atomic E-state index is 5.52. The van der Waals surface area contributed by atoms with Crippen LogP contribution < -0.4 is 0 Å². The third-order valence-corrected chi connectivity index (χ3v) is 2.85. The van der Waals surface area contributed by atoms with E-state index in [1.807, 2.05) is 0 Å². The van der Waals surface area contributed by atoms with Crippen LogP contribution in [0.3, 0.4) is 0 Å². The molecule has 11 heavy (non-hydrogen) atoms. The molecule has 0 saturated heterocycles. The second kappa shape index (κ2) is 8.24. The van der Waals surface area contributed by atoms with Gasteiger partial charge in [-0.05, 0) is 18.9 Å². The molecule has 0 heterocycles. The van der Waals surface area contributed by atoms with E-state index in [-0.39, 0.29) is 0 Å². The van der Waals surface area contributed by atoms with Crippen molar-refractivity contribution >= 4 is 9.28 Å². The number of rotatable bonds is 7. The predicted molar refractivity (Wildman–Crippen MR) is 48.7 cm³/mol. The first kappa shape index (κ1) is 11.1. The Balaban J connectivity index is 3.25. The van der Waals surface area contributed by atoms with E-state index in [1.54, 1.807) is 0 Å². The van der Waals surface area contributed by atoms with Crippen LogP contribution in [0.25, 0.3) is 0 Å². The first-order chi connectivity index (χ1) is 5.35. The minimum absolute atomic E-state index is 0.853. The average molecular weight is 175 g/mol. The molecule has 0 aliphatic rings. The second-order valence-electron chi connectivity index (χ2n) is 2.42. The molecule has 0 N–H and O–H groups in total. The second-order valence-corrected chi connectivity index (χ2v) is 4.45. The Morgan fingerprint density at radius 1 is 0.909 bits per heavy atom. The van der Waals surface area contributed by atoms with E-state index in [2.05, 4.69) is 20.8 Å². The molecule has 2 nitrogen and oxygen atoms in total. The summed E-state index contributed by atoms with van der Waals surface area (Å²) in [6.45, 7) is 8.07. The monoisotopic (exact) mass is 175 g/mol. The average Bonchev–Trinajstić information content (AvgIpc) is 2.05. The molecule has 0 aromatic heterocycles. The lowest BCUT2D eigenvalue weighted by Crippen LogP contribution is -2.22. The van der Waals surface area contributed by atoms with Crippen LogP contribution in [-0.2, 0) is 8.85 Å². The van der Waals surface area contributed by atoms with Crippen molar-refractivity contribution < 1.29 is 8.85 Å². The Kier molecular flexibility index (Phi) is 8.34. The SMILES string of the molecule is CCCO[Si](CC)OCCC. The lowest BCUT2D eigenvalue weighted by molar-refractivity contribution is 0.197. The minimum atomic E-state index is -0.909. The van der Waals surface area contributed by atoms with Crippen molar-refractivity contribution in [3.8, 4) is 0 Å². The molecule has 67 valence electrons. The fourth-order valence-electron chi connectivity index (χ4n) is 0.678. The van der Waals surface area contributed by atoms with E-state index in [0.717, 1.165) is 32.1 Å². The molecule has 0 rings (SSSR count). The van der Waals surface area contributed by atoms with Crippen LogP contribution >= 0.6 is 0 Å². The summed E-state index contributed by atoms with van der Waals surface area (Å²) in [5.74, 6) is 0. The smallest absolute Gasteiger partial charge is 0.384 e. The van der Waals surface area contributed by atoms with Gasteiger partial charge in [-0.3, -0.25) is 0 Å². The van der Waals surface area contributed by atoms with Gasteiger partial charge in [0.05, 0.1) is 0 Å². The molecule has 0 bridgehead atoms. The Morgan fingerprint density at radius 2 is 1.36 bits per heavy atom. The van der Waals surface area contributed by atoms with Crippen molar-refractivity contribution in [3.63, 3.8) is 0 Å². The summed E-state index contributed by atoms with van der Waals surface area (Å²) in [5, 5.41) is 0. The van der Waals surface area contributed by atoms with Crippen LogP contribution in [-0.4, -0.2) is 22.5 Å². The Hall–Kier alpha value is 0.137. The zero-order chi connectivity index (χ0) is 8.53. The minimum Gasteiger partial charge on any atom is -0.393 e. The van der Waals surface area contributed by atoms with E-state index in [0.29, 0.717) is 0 Å². The highest BCUT2D eigenvalue weighted by atomic mass is 28.3. The van der Waals surface area contributed by atoms with Crippen LogP contribution in [0.1, 0.15) is 33.6 Å². The Bertz CT molecular complexity index is 70.5. The Morgan fingerprint density at radius 3 is 1.64 bits per heavy atom. The maximum Gasteiger partial charge on any atom is 0.384 e. The van der Waals surface area contributed by atoms with Gasteiger partial charge in [0.25, 0.3) is 0 Å². The molecule has 0 fully saturated rings. The molecular weight excluding hydrogens is 156 g/mol. The normalized spacial score (nSPS) is 10.9. The molecule has 1 radical (unpaired) electrons. The lowest BCUT2D eigenvalue weighted by Gasteiger charge is -2.11. The van der Waals surface area contributed by atoms with Crippen molar-refractivity contribution in [3.05, 3.63) is 0 Å². The van der Waals surface area contributed by atoms with Gasteiger partial charge in [0.15, 0.2) is 0 Å². The number of hydrogen-bond donors (Lipinski definition) is 0. The highest BCUT2D eigenvalue weighted by molar-refractivity contribution is 6.44. The molecule has 0 spiro atoms. The summed E-state index contributed by atoms with van der Waals surface area (Å²) in [7, 11) is -0.909. The first-order valence-electron chi connectivity index (χ1n) is 4.46. The molecule has 0 unspecified atom stereocenters. The van der Waals surface area contributed by atoms with Gasteiger partial charge < -0.3 is 8.85 Å². The predicted octanol–water partition coefficient (Wildman–Crippen LogP) is 2.35. The van der Waals surface area contributed by atoms with Crippen molar-refractivity contribution in [1.82, 2.24) is 0 Å². The maximum absolute atomic E-state index is 5.52. The summed E-state index contributed by atoms with van der Waals surface area (Å²) in [6.07, 6.45) is 2.17. The van der Waals surface area contributed by atoms with Gasteiger partial charge in [0.1, 0.15) is 0 Å². The van der Waals surface area contributed by atoms with Crippen molar-refractivity contribution in [1.29, 1.82) is 0 Å². The summed E-state index contributed by atoms with van der Waals surface area (Å²) >= 11 is 0. The van der Waals surface area contributed by atoms with E-state index < -0.39 is 9.28 Å². The summed E-state index contributed by atoms with van der Waals surface area (Å²) < 4.78 is 11.0. The standard InChI is InChI=1S/C8H19O2Si/c1-4-7-9-11(6-3)10-8-5-2/h4-8H2,1-3H3. The first-order valence-corrected chi connectivity index (χ1v) is 5.98. The van der Waals surface area contributed by atoms with Crippen LogP contribution in [0, 0.1) is 0 Å². The molecule has 0 aliphatic carbocycles. The molecule has 0 amide bonds. The van der Waals surface area contributed by atoms with Crippen molar-refractivity contribution in [2.24, 2.45) is 0 Å². The van der Waals surface area contributed by atoms with Gasteiger partial charge in [-0.2, -0.15) is 0 Å². The van der Waals surface area contributed by atoms with Crippen molar-refractivity contribution in [2.45, 2.75) is 39.7 Å². The summed E-state index contributed by atoms with van der Waals surface area (Å²) in [4.78, 5) is 0. The fraction of sp³-hybridized carbons (Fsp3) is 1.00. The van der Waals surface area contributed by atoms with E-state index in [9.17, 15) is 0 Å². The third-order valence-electron chi connectivity index (χ3n) is 1.22. The largest absolute Gasteiger partial charge is 0.393 e. The van der Waals surface area contributed by atoms with Gasteiger partial charge in [0, 0.05) is 13.2 Å². The highest BCUT2D eigenvalue weighted by Gasteiger charge is 2.10. The summed E-state index contributed by atoms with van der Waals surface area (Å²) in [6, 6.07) is 1.05. The third kappa shape index (κ3) is 6.53. The quantitative estimate of drug-likeness (QED) is 0.553. The van der Waals surface area contributed by atoms with E-state index >= 15 is 0 Å². The van der Waals surface area contributed by atoms with Gasteiger partial charge in [-0.1, -0.05) is 20.8 Å². The molecule has 3 heteroatoms.